The van der Waals surface area contributed by atoms with Crippen molar-refractivity contribution in [3.05, 3.63) is 45.4 Å². The number of ketones is 1. The minimum atomic E-state index is -0.576. The highest BCUT2D eigenvalue weighted by atomic mass is 79.9. The van der Waals surface area contributed by atoms with Gasteiger partial charge in [0.1, 0.15) is 11.6 Å². The summed E-state index contributed by atoms with van der Waals surface area (Å²) in [5.41, 5.74) is 1.58. The zero-order valence-electron chi connectivity index (χ0n) is 12.1. The summed E-state index contributed by atoms with van der Waals surface area (Å²) in [6.07, 6.45) is 0.813. The Morgan fingerprint density at radius 1 is 1.48 bits per heavy atom. The molecule has 4 nitrogen and oxygen atoms in total. The van der Waals surface area contributed by atoms with E-state index >= 15 is 0 Å². The van der Waals surface area contributed by atoms with Gasteiger partial charge in [0.25, 0.3) is 0 Å². The Balaban J connectivity index is 2.37. The summed E-state index contributed by atoms with van der Waals surface area (Å²) in [6.45, 7) is 1.98. The molecule has 1 aromatic heterocycles. The molecule has 0 N–H and O–H groups in total. The third-order valence-corrected chi connectivity index (χ3v) is 4.22. The van der Waals surface area contributed by atoms with Crippen LogP contribution in [0.15, 0.2) is 22.7 Å². The molecule has 0 atom stereocenters. The molecule has 2 rings (SSSR count). The molecule has 1 heterocycles. The summed E-state index contributed by atoms with van der Waals surface area (Å²) in [5, 5.41) is 4.33. The van der Waals surface area contributed by atoms with Crippen molar-refractivity contribution >= 4 is 21.7 Å². The van der Waals surface area contributed by atoms with Crippen LogP contribution in [0.25, 0.3) is 0 Å². The van der Waals surface area contributed by atoms with E-state index in [1.54, 1.807) is 17.8 Å². The maximum Gasteiger partial charge on any atom is 0.175 e. The van der Waals surface area contributed by atoms with Crippen molar-refractivity contribution in [2.45, 2.75) is 19.8 Å². The van der Waals surface area contributed by atoms with Crippen molar-refractivity contribution in [2.75, 3.05) is 7.11 Å². The van der Waals surface area contributed by atoms with Crippen LogP contribution in [0.3, 0.4) is 0 Å². The Morgan fingerprint density at radius 2 is 2.19 bits per heavy atom. The quantitative estimate of drug-likeness (QED) is 0.773. The highest BCUT2D eigenvalue weighted by Crippen LogP contribution is 2.26. The zero-order valence-corrected chi connectivity index (χ0v) is 13.7. The van der Waals surface area contributed by atoms with Gasteiger partial charge in [0, 0.05) is 7.05 Å². The molecular formula is C15H16BrFN2O2. The predicted molar refractivity (Wildman–Crippen MR) is 81.3 cm³/mol. The number of ether oxygens (including phenoxy) is 1. The number of methoxy groups -OCH3 is 1. The summed E-state index contributed by atoms with van der Waals surface area (Å²) in [4.78, 5) is 12.4. The van der Waals surface area contributed by atoms with E-state index in [1.807, 2.05) is 6.92 Å². The largest absolute Gasteiger partial charge is 0.496 e. The highest BCUT2D eigenvalue weighted by Gasteiger charge is 2.21. The molecule has 0 fully saturated rings. The second-order valence-corrected chi connectivity index (χ2v) is 5.39. The fourth-order valence-electron chi connectivity index (χ4n) is 2.20. The van der Waals surface area contributed by atoms with Crippen LogP contribution >= 0.6 is 15.9 Å². The molecule has 112 valence electrons. The highest BCUT2D eigenvalue weighted by molar-refractivity contribution is 9.10. The fraction of sp³-hybridized carbons (Fsp3) is 0.333. The number of aryl methyl sites for hydroxylation is 2. The van der Waals surface area contributed by atoms with Crippen molar-refractivity contribution in [3.8, 4) is 5.75 Å². The van der Waals surface area contributed by atoms with E-state index in [4.69, 9.17) is 4.74 Å². The van der Waals surface area contributed by atoms with Crippen molar-refractivity contribution in [1.29, 1.82) is 0 Å². The molecular weight excluding hydrogens is 339 g/mol. The molecule has 1 aromatic carbocycles. The fourth-order valence-corrected chi connectivity index (χ4v) is 2.95. The van der Waals surface area contributed by atoms with Crippen LogP contribution in [0.5, 0.6) is 5.75 Å². The van der Waals surface area contributed by atoms with Crippen LogP contribution in [-0.4, -0.2) is 22.7 Å². The molecule has 0 saturated carbocycles. The third kappa shape index (κ3) is 3.00. The van der Waals surface area contributed by atoms with E-state index in [2.05, 4.69) is 21.0 Å². The molecule has 0 spiro atoms. The second-order valence-electron chi connectivity index (χ2n) is 4.60. The zero-order chi connectivity index (χ0) is 15.6. The number of hydrogen-bond acceptors (Lipinski definition) is 3. The molecule has 0 aliphatic heterocycles. The molecule has 0 aliphatic rings. The number of nitrogens with zero attached hydrogens (tertiary/aromatic N) is 2. The first-order valence-electron chi connectivity index (χ1n) is 6.55. The lowest BCUT2D eigenvalue weighted by atomic mass is 10.0. The lowest BCUT2D eigenvalue weighted by Crippen LogP contribution is -2.11. The predicted octanol–water partition coefficient (Wildman–Crippen LogP) is 3.32. The van der Waals surface area contributed by atoms with Gasteiger partial charge in [0.2, 0.25) is 0 Å². The monoisotopic (exact) mass is 354 g/mol. The smallest absolute Gasteiger partial charge is 0.175 e. The Hall–Kier alpha value is -1.69. The molecule has 0 radical (unpaired) electrons. The van der Waals surface area contributed by atoms with Crippen LogP contribution in [-0.2, 0) is 19.9 Å². The van der Waals surface area contributed by atoms with E-state index < -0.39 is 5.82 Å². The van der Waals surface area contributed by atoms with Crippen molar-refractivity contribution in [2.24, 2.45) is 7.05 Å². The number of hydrogen-bond donors (Lipinski definition) is 0. The molecule has 0 amide bonds. The van der Waals surface area contributed by atoms with Gasteiger partial charge in [-0.05, 0) is 34.5 Å². The van der Waals surface area contributed by atoms with Gasteiger partial charge in [-0.1, -0.05) is 13.0 Å². The van der Waals surface area contributed by atoms with Crippen LogP contribution < -0.4 is 4.74 Å². The third-order valence-electron chi connectivity index (χ3n) is 3.31. The first-order valence-corrected chi connectivity index (χ1v) is 7.34. The maximum absolute atomic E-state index is 13.9. The molecule has 0 aliphatic carbocycles. The lowest BCUT2D eigenvalue weighted by Gasteiger charge is -2.09. The summed E-state index contributed by atoms with van der Waals surface area (Å²) in [7, 11) is 3.19. The van der Waals surface area contributed by atoms with Gasteiger partial charge in [-0.2, -0.15) is 5.10 Å². The Bertz CT molecular complexity index is 683. The first-order chi connectivity index (χ1) is 9.99. The maximum atomic E-state index is 13.9. The summed E-state index contributed by atoms with van der Waals surface area (Å²) < 4.78 is 21.5. The summed E-state index contributed by atoms with van der Waals surface area (Å²) in [5.74, 6) is -0.668. The first kappa shape index (κ1) is 15.7. The van der Waals surface area contributed by atoms with Crippen molar-refractivity contribution in [3.63, 3.8) is 0 Å². The van der Waals surface area contributed by atoms with Gasteiger partial charge < -0.3 is 4.74 Å². The Morgan fingerprint density at radius 3 is 2.76 bits per heavy atom. The minimum Gasteiger partial charge on any atom is -0.496 e. The van der Waals surface area contributed by atoms with Gasteiger partial charge in [-0.25, -0.2) is 4.39 Å². The molecule has 21 heavy (non-hydrogen) atoms. The van der Waals surface area contributed by atoms with Gasteiger partial charge in [-0.3, -0.25) is 9.48 Å². The molecule has 2 aromatic rings. The number of benzene rings is 1. The number of rotatable bonds is 5. The average molecular weight is 355 g/mol. The van der Waals surface area contributed by atoms with Crippen LogP contribution in [0.1, 0.15) is 28.7 Å². The summed E-state index contributed by atoms with van der Waals surface area (Å²) in [6, 6.07) is 4.34. The second kappa shape index (κ2) is 6.39. The van der Waals surface area contributed by atoms with E-state index in [-0.39, 0.29) is 23.5 Å². The van der Waals surface area contributed by atoms with Crippen LogP contribution in [0.2, 0.25) is 0 Å². The number of aromatic nitrogens is 2. The SMILES string of the molecule is CCc1nn(C)c(CC(=O)c2c(F)cccc2OC)c1Br. The number of carbonyl (C=O) groups excluding carboxylic acids is 1. The normalized spacial score (nSPS) is 10.7. The van der Waals surface area contributed by atoms with E-state index in [1.165, 1.54) is 19.2 Å². The number of carbonyl (C=O) groups is 1. The average Bonchev–Trinajstić information content (AvgIpc) is 2.74. The molecule has 0 unspecified atom stereocenters. The molecule has 6 heteroatoms. The summed E-state index contributed by atoms with van der Waals surface area (Å²) >= 11 is 3.46. The van der Waals surface area contributed by atoms with Crippen LogP contribution in [0, 0.1) is 5.82 Å². The van der Waals surface area contributed by atoms with Crippen molar-refractivity contribution < 1.29 is 13.9 Å². The Kier molecular flexibility index (Phi) is 4.77. The van der Waals surface area contributed by atoms with Gasteiger partial charge in [0.05, 0.1) is 35.0 Å². The number of Topliss-reactive ketones (excluding diaryl/α,β-unsaturated/α-hetero) is 1. The van der Waals surface area contributed by atoms with Crippen molar-refractivity contribution in [1.82, 2.24) is 9.78 Å². The van der Waals surface area contributed by atoms with E-state index in [0.717, 1.165) is 22.3 Å². The standard InChI is InChI=1S/C15H16BrFN2O2/c1-4-10-15(16)11(19(2)18-10)8-12(20)14-9(17)6-5-7-13(14)21-3/h5-7H,4,8H2,1-3H3. The molecule has 0 bridgehead atoms. The van der Waals surface area contributed by atoms with Gasteiger partial charge in [-0.15, -0.1) is 0 Å². The van der Waals surface area contributed by atoms with E-state index in [9.17, 15) is 9.18 Å². The van der Waals surface area contributed by atoms with Crippen LogP contribution in [0.4, 0.5) is 4.39 Å². The minimum absolute atomic E-state index is 0.0221. The van der Waals surface area contributed by atoms with E-state index in [0.29, 0.717) is 0 Å². The number of halogens is 2. The molecule has 0 saturated heterocycles. The van der Waals surface area contributed by atoms with Gasteiger partial charge in [0.15, 0.2) is 5.78 Å². The Labute approximate surface area is 131 Å². The topological polar surface area (TPSA) is 44.1 Å². The van der Waals surface area contributed by atoms with Gasteiger partial charge >= 0.3 is 0 Å². The lowest BCUT2D eigenvalue weighted by molar-refractivity contribution is 0.0983.